The Balaban J connectivity index is 3.02. The van der Waals surface area contributed by atoms with E-state index in [1.807, 2.05) is 11.8 Å². The zero-order valence-electron chi connectivity index (χ0n) is 10.7. The fourth-order valence-electron chi connectivity index (χ4n) is 1.38. The van der Waals surface area contributed by atoms with Crippen molar-refractivity contribution in [2.24, 2.45) is 0 Å². The van der Waals surface area contributed by atoms with Crippen LogP contribution in [0.3, 0.4) is 0 Å². The molecule has 92 valence electrons. The molecule has 15 heavy (non-hydrogen) atoms. The summed E-state index contributed by atoms with van der Waals surface area (Å²) in [6.07, 6.45) is 3.92. The molecule has 0 amide bonds. The van der Waals surface area contributed by atoms with Gasteiger partial charge in [-0.2, -0.15) is 11.8 Å². The summed E-state index contributed by atoms with van der Waals surface area (Å²) in [4.78, 5) is 2.41. The Morgan fingerprint density at radius 1 is 1.07 bits per heavy atom. The summed E-state index contributed by atoms with van der Waals surface area (Å²) in [7, 11) is 2.21. The molecule has 0 rings (SSSR count). The number of unbranched alkanes of at least 4 members (excludes halogenated alkanes) is 1. The van der Waals surface area contributed by atoms with Crippen molar-refractivity contribution in [2.75, 3.05) is 44.7 Å². The molecule has 0 saturated carbocycles. The fourth-order valence-corrected chi connectivity index (χ4v) is 2.02. The first-order valence-corrected chi connectivity index (χ1v) is 7.43. The van der Waals surface area contributed by atoms with Gasteiger partial charge in [-0.15, -0.1) is 0 Å². The molecule has 0 unspecified atom stereocenters. The lowest BCUT2D eigenvalue weighted by Gasteiger charge is -2.16. The number of thioether (sulfide) groups is 1. The Hall–Kier alpha value is 0.270. The standard InChI is InChI=1S/C12H28N2S/c1-4-6-10-14(3)11-9-13-8-7-12-15-5-2/h13H,4-12H2,1-3H3. The second-order valence-corrected chi connectivity index (χ2v) is 5.35. The monoisotopic (exact) mass is 232 g/mol. The Morgan fingerprint density at radius 2 is 1.87 bits per heavy atom. The molecule has 0 fully saturated rings. The Labute approximate surface area is 100 Å². The second kappa shape index (κ2) is 12.3. The van der Waals surface area contributed by atoms with Gasteiger partial charge in [0.25, 0.3) is 0 Å². The van der Waals surface area contributed by atoms with Crippen LogP contribution in [0, 0.1) is 0 Å². The maximum absolute atomic E-state index is 3.50. The van der Waals surface area contributed by atoms with Crippen LogP contribution in [0.4, 0.5) is 0 Å². The second-order valence-electron chi connectivity index (χ2n) is 3.96. The zero-order valence-corrected chi connectivity index (χ0v) is 11.5. The SMILES string of the molecule is CCCCN(C)CCNCCCSCC. The maximum atomic E-state index is 3.50. The lowest BCUT2D eigenvalue weighted by Crippen LogP contribution is -2.30. The van der Waals surface area contributed by atoms with E-state index in [0.29, 0.717) is 0 Å². The predicted octanol–water partition coefficient (Wildman–Crippen LogP) is 2.45. The number of hydrogen-bond acceptors (Lipinski definition) is 3. The largest absolute Gasteiger partial charge is 0.315 e. The van der Waals surface area contributed by atoms with Gasteiger partial charge in [-0.25, -0.2) is 0 Å². The minimum Gasteiger partial charge on any atom is -0.315 e. The summed E-state index contributed by atoms with van der Waals surface area (Å²) >= 11 is 2.03. The van der Waals surface area contributed by atoms with Gasteiger partial charge in [-0.1, -0.05) is 20.3 Å². The van der Waals surface area contributed by atoms with Gasteiger partial charge in [0, 0.05) is 13.1 Å². The number of nitrogens with zero attached hydrogens (tertiary/aromatic N) is 1. The Kier molecular flexibility index (Phi) is 12.6. The molecule has 0 aromatic carbocycles. The molecule has 0 saturated heterocycles. The van der Waals surface area contributed by atoms with E-state index in [-0.39, 0.29) is 0 Å². The molecular weight excluding hydrogens is 204 g/mol. The van der Waals surface area contributed by atoms with Crippen LogP contribution in [0.2, 0.25) is 0 Å². The summed E-state index contributed by atoms with van der Waals surface area (Å²) in [6.45, 7) is 9.20. The highest BCUT2D eigenvalue weighted by Gasteiger charge is 1.96. The van der Waals surface area contributed by atoms with Gasteiger partial charge in [0.1, 0.15) is 0 Å². The van der Waals surface area contributed by atoms with Gasteiger partial charge < -0.3 is 10.2 Å². The third-order valence-corrected chi connectivity index (χ3v) is 3.40. The van der Waals surface area contributed by atoms with Gasteiger partial charge in [-0.3, -0.25) is 0 Å². The van der Waals surface area contributed by atoms with E-state index in [1.54, 1.807) is 0 Å². The number of nitrogens with one attached hydrogen (secondary N) is 1. The van der Waals surface area contributed by atoms with E-state index >= 15 is 0 Å². The molecule has 0 aliphatic carbocycles. The first kappa shape index (κ1) is 15.3. The van der Waals surface area contributed by atoms with Crippen molar-refractivity contribution in [1.82, 2.24) is 10.2 Å². The number of rotatable bonds is 11. The van der Waals surface area contributed by atoms with E-state index < -0.39 is 0 Å². The van der Waals surface area contributed by atoms with Crippen LogP contribution in [0.1, 0.15) is 33.1 Å². The summed E-state index contributed by atoms with van der Waals surface area (Å²) in [6, 6.07) is 0. The molecule has 0 aromatic heterocycles. The third-order valence-electron chi connectivity index (χ3n) is 2.41. The molecule has 0 atom stereocenters. The molecule has 1 N–H and O–H groups in total. The molecule has 2 nitrogen and oxygen atoms in total. The third kappa shape index (κ3) is 12.2. The molecule has 0 bridgehead atoms. The van der Waals surface area contributed by atoms with Crippen LogP contribution in [0.25, 0.3) is 0 Å². The van der Waals surface area contributed by atoms with Gasteiger partial charge >= 0.3 is 0 Å². The van der Waals surface area contributed by atoms with Crippen molar-refractivity contribution in [3.8, 4) is 0 Å². The van der Waals surface area contributed by atoms with Gasteiger partial charge in [0.2, 0.25) is 0 Å². The van der Waals surface area contributed by atoms with E-state index in [9.17, 15) is 0 Å². The van der Waals surface area contributed by atoms with Crippen molar-refractivity contribution in [1.29, 1.82) is 0 Å². The normalized spacial score (nSPS) is 11.2. The van der Waals surface area contributed by atoms with Crippen molar-refractivity contribution < 1.29 is 0 Å². The van der Waals surface area contributed by atoms with Crippen molar-refractivity contribution in [2.45, 2.75) is 33.1 Å². The van der Waals surface area contributed by atoms with Crippen LogP contribution in [0.5, 0.6) is 0 Å². The van der Waals surface area contributed by atoms with Crippen molar-refractivity contribution in [3.63, 3.8) is 0 Å². The fraction of sp³-hybridized carbons (Fsp3) is 1.00. The number of hydrogen-bond donors (Lipinski definition) is 1. The minimum absolute atomic E-state index is 1.14. The Bertz CT molecular complexity index is 120. The summed E-state index contributed by atoms with van der Waals surface area (Å²) in [5, 5.41) is 3.50. The maximum Gasteiger partial charge on any atom is 0.0104 e. The molecule has 0 heterocycles. The smallest absolute Gasteiger partial charge is 0.0104 e. The molecule has 0 aliphatic heterocycles. The van der Waals surface area contributed by atoms with E-state index in [0.717, 1.165) is 6.54 Å². The minimum atomic E-state index is 1.14. The first-order valence-electron chi connectivity index (χ1n) is 6.28. The summed E-state index contributed by atoms with van der Waals surface area (Å²) in [5.74, 6) is 2.55. The Morgan fingerprint density at radius 3 is 2.53 bits per heavy atom. The lowest BCUT2D eigenvalue weighted by molar-refractivity contribution is 0.326. The highest BCUT2D eigenvalue weighted by Crippen LogP contribution is 1.99. The first-order chi connectivity index (χ1) is 7.31. The molecule has 0 radical (unpaired) electrons. The van der Waals surface area contributed by atoms with E-state index in [4.69, 9.17) is 0 Å². The van der Waals surface area contributed by atoms with Crippen LogP contribution in [-0.4, -0.2) is 49.6 Å². The molecule has 0 aromatic rings. The van der Waals surface area contributed by atoms with Gasteiger partial charge in [0.05, 0.1) is 0 Å². The highest BCUT2D eigenvalue weighted by molar-refractivity contribution is 7.99. The summed E-state index contributed by atoms with van der Waals surface area (Å²) < 4.78 is 0. The predicted molar refractivity (Wildman–Crippen MR) is 72.9 cm³/mol. The van der Waals surface area contributed by atoms with Crippen LogP contribution < -0.4 is 5.32 Å². The molecular formula is C12H28N2S. The van der Waals surface area contributed by atoms with Crippen molar-refractivity contribution in [3.05, 3.63) is 0 Å². The van der Waals surface area contributed by atoms with Gasteiger partial charge in [-0.05, 0) is 44.5 Å². The number of likely N-dealkylation sites (N-methyl/N-ethyl adjacent to an activating group) is 1. The molecule has 0 spiro atoms. The summed E-state index contributed by atoms with van der Waals surface area (Å²) in [5.41, 5.74) is 0. The van der Waals surface area contributed by atoms with Crippen LogP contribution >= 0.6 is 11.8 Å². The highest BCUT2D eigenvalue weighted by atomic mass is 32.2. The quantitative estimate of drug-likeness (QED) is 0.551. The van der Waals surface area contributed by atoms with Crippen molar-refractivity contribution >= 4 is 11.8 Å². The average Bonchev–Trinajstić information content (AvgIpc) is 2.25. The van der Waals surface area contributed by atoms with Crippen LogP contribution in [0.15, 0.2) is 0 Å². The lowest BCUT2D eigenvalue weighted by atomic mass is 10.3. The molecule has 0 aliphatic rings. The zero-order chi connectivity index (χ0) is 11.4. The van der Waals surface area contributed by atoms with E-state index in [2.05, 4.69) is 31.1 Å². The van der Waals surface area contributed by atoms with Crippen LogP contribution in [-0.2, 0) is 0 Å². The topological polar surface area (TPSA) is 15.3 Å². The van der Waals surface area contributed by atoms with Gasteiger partial charge in [0.15, 0.2) is 0 Å². The average molecular weight is 232 g/mol. The molecule has 3 heteroatoms. The van der Waals surface area contributed by atoms with E-state index in [1.165, 1.54) is 50.4 Å².